The van der Waals surface area contributed by atoms with Crippen LogP contribution in [0.25, 0.3) is 0 Å². The Kier molecular flexibility index (Phi) is 3.85. The van der Waals surface area contributed by atoms with Crippen LogP contribution in [0.2, 0.25) is 0 Å². The van der Waals surface area contributed by atoms with Gasteiger partial charge in [-0.05, 0) is 35.8 Å². The molecule has 0 bridgehead atoms. The molecule has 0 aromatic heterocycles. The van der Waals surface area contributed by atoms with Crippen LogP contribution in [0.5, 0.6) is 0 Å². The smallest absolute Gasteiger partial charge is 0.307 e. The van der Waals surface area contributed by atoms with E-state index in [4.69, 9.17) is 0 Å². The monoisotopic (exact) mass is 282 g/mol. The van der Waals surface area contributed by atoms with Crippen molar-refractivity contribution < 1.29 is 18.7 Å². The molecule has 1 aliphatic carbocycles. The summed E-state index contributed by atoms with van der Waals surface area (Å²) in [5.41, 5.74) is 0.310. The zero-order chi connectivity index (χ0) is 15.1. The van der Waals surface area contributed by atoms with Crippen molar-refractivity contribution in [3.63, 3.8) is 0 Å². The molecule has 1 fully saturated rings. The van der Waals surface area contributed by atoms with E-state index in [9.17, 15) is 18.7 Å². The number of aliphatic carboxylic acids is 1. The van der Waals surface area contributed by atoms with E-state index in [1.807, 2.05) is 0 Å². The highest BCUT2D eigenvalue weighted by molar-refractivity contribution is 5.72. The lowest BCUT2D eigenvalue weighted by atomic mass is 9.79. The SMILES string of the molecule is CC(C)(C)C1CC(c2ccc(F)cc2F)[C@H](C(=O)O)C1. The van der Waals surface area contributed by atoms with E-state index in [0.29, 0.717) is 18.4 Å². The largest absolute Gasteiger partial charge is 0.481 e. The minimum atomic E-state index is -0.898. The maximum absolute atomic E-state index is 13.9. The van der Waals surface area contributed by atoms with E-state index in [1.54, 1.807) is 0 Å². The molecule has 0 radical (unpaired) electrons. The normalized spacial score (nSPS) is 26.8. The van der Waals surface area contributed by atoms with Crippen molar-refractivity contribution in [3.8, 4) is 0 Å². The molecule has 2 nitrogen and oxygen atoms in total. The fraction of sp³-hybridized carbons (Fsp3) is 0.562. The molecular weight excluding hydrogens is 262 g/mol. The zero-order valence-electron chi connectivity index (χ0n) is 12.0. The first-order valence-corrected chi connectivity index (χ1v) is 6.88. The maximum Gasteiger partial charge on any atom is 0.307 e. The molecule has 0 amide bonds. The zero-order valence-corrected chi connectivity index (χ0v) is 12.0. The van der Waals surface area contributed by atoms with Gasteiger partial charge in [0.2, 0.25) is 0 Å². The molecule has 3 atom stereocenters. The van der Waals surface area contributed by atoms with Gasteiger partial charge in [-0.15, -0.1) is 0 Å². The Bertz CT molecular complexity index is 520. The summed E-state index contributed by atoms with van der Waals surface area (Å²) in [5.74, 6) is -2.93. The Hall–Kier alpha value is -1.45. The highest BCUT2D eigenvalue weighted by Gasteiger charge is 2.44. The molecule has 1 N–H and O–H groups in total. The van der Waals surface area contributed by atoms with Crippen LogP contribution in [0.15, 0.2) is 18.2 Å². The molecule has 0 saturated heterocycles. The highest BCUT2D eigenvalue weighted by atomic mass is 19.1. The van der Waals surface area contributed by atoms with Gasteiger partial charge in [0.25, 0.3) is 0 Å². The van der Waals surface area contributed by atoms with Crippen molar-refractivity contribution in [1.82, 2.24) is 0 Å². The Balaban J connectivity index is 2.35. The van der Waals surface area contributed by atoms with Gasteiger partial charge in [0, 0.05) is 12.0 Å². The molecule has 0 heterocycles. The predicted octanol–water partition coefficient (Wildman–Crippen LogP) is 4.21. The van der Waals surface area contributed by atoms with Crippen LogP contribution in [0.3, 0.4) is 0 Å². The molecule has 2 unspecified atom stereocenters. The molecule has 0 spiro atoms. The van der Waals surface area contributed by atoms with Gasteiger partial charge in [0.15, 0.2) is 0 Å². The van der Waals surface area contributed by atoms with Gasteiger partial charge in [-0.1, -0.05) is 26.8 Å². The summed E-state index contributed by atoms with van der Waals surface area (Å²) < 4.78 is 26.9. The van der Waals surface area contributed by atoms with E-state index in [0.717, 1.165) is 6.07 Å². The number of halogens is 2. The maximum atomic E-state index is 13.9. The molecule has 110 valence electrons. The van der Waals surface area contributed by atoms with Crippen LogP contribution in [-0.4, -0.2) is 11.1 Å². The van der Waals surface area contributed by atoms with Gasteiger partial charge in [-0.2, -0.15) is 0 Å². The summed E-state index contributed by atoms with van der Waals surface area (Å²) in [4.78, 5) is 11.4. The summed E-state index contributed by atoms with van der Waals surface area (Å²) in [5, 5.41) is 9.38. The fourth-order valence-electron chi connectivity index (χ4n) is 3.16. The Morgan fingerprint density at radius 1 is 1.25 bits per heavy atom. The number of hydrogen-bond acceptors (Lipinski definition) is 1. The van der Waals surface area contributed by atoms with Crippen LogP contribution in [0.4, 0.5) is 8.78 Å². The molecule has 2 rings (SSSR count). The van der Waals surface area contributed by atoms with Crippen LogP contribution >= 0.6 is 0 Å². The molecule has 1 saturated carbocycles. The summed E-state index contributed by atoms with van der Waals surface area (Å²) in [6.07, 6.45) is 1.17. The number of benzene rings is 1. The minimum Gasteiger partial charge on any atom is -0.481 e. The van der Waals surface area contributed by atoms with Crippen molar-refractivity contribution in [1.29, 1.82) is 0 Å². The van der Waals surface area contributed by atoms with Gasteiger partial charge in [0.05, 0.1) is 5.92 Å². The second-order valence-electron chi connectivity index (χ2n) is 6.75. The minimum absolute atomic E-state index is 0.0149. The lowest BCUT2D eigenvalue weighted by Gasteiger charge is -2.27. The fourth-order valence-corrected chi connectivity index (χ4v) is 3.16. The van der Waals surface area contributed by atoms with Gasteiger partial charge < -0.3 is 5.11 Å². The molecule has 0 aliphatic heterocycles. The van der Waals surface area contributed by atoms with E-state index < -0.39 is 23.5 Å². The standard InChI is InChI=1S/C16H20F2O2/c1-16(2,3)9-6-12(13(7-9)15(19)20)11-5-4-10(17)8-14(11)18/h4-5,8-9,12-13H,6-7H2,1-3H3,(H,19,20)/t9?,12?,13-/m1/s1. The topological polar surface area (TPSA) is 37.3 Å². The van der Waals surface area contributed by atoms with Crippen LogP contribution < -0.4 is 0 Å². The third kappa shape index (κ3) is 2.84. The average molecular weight is 282 g/mol. The molecular formula is C16H20F2O2. The molecule has 1 aromatic carbocycles. The Morgan fingerprint density at radius 3 is 2.40 bits per heavy atom. The molecule has 1 aliphatic rings. The third-order valence-electron chi connectivity index (χ3n) is 4.47. The van der Waals surface area contributed by atoms with Crippen molar-refractivity contribution in [3.05, 3.63) is 35.4 Å². The van der Waals surface area contributed by atoms with E-state index in [1.165, 1.54) is 12.1 Å². The van der Waals surface area contributed by atoms with Gasteiger partial charge >= 0.3 is 5.97 Å². The summed E-state index contributed by atoms with van der Waals surface area (Å²) in [7, 11) is 0. The number of carboxylic acids is 1. The molecule has 20 heavy (non-hydrogen) atoms. The quantitative estimate of drug-likeness (QED) is 0.882. The van der Waals surface area contributed by atoms with E-state index in [2.05, 4.69) is 20.8 Å². The lowest BCUT2D eigenvalue weighted by Crippen LogP contribution is -2.19. The van der Waals surface area contributed by atoms with Crippen molar-refractivity contribution in [2.24, 2.45) is 17.3 Å². The Labute approximate surface area is 117 Å². The highest BCUT2D eigenvalue weighted by Crippen LogP contribution is 2.50. The van der Waals surface area contributed by atoms with Crippen molar-refractivity contribution in [2.75, 3.05) is 0 Å². The Morgan fingerprint density at radius 2 is 1.90 bits per heavy atom. The summed E-state index contributed by atoms with van der Waals surface area (Å²) >= 11 is 0. The lowest BCUT2D eigenvalue weighted by molar-refractivity contribution is -0.142. The number of rotatable bonds is 2. The van der Waals surface area contributed by atoms with Gasteiger partial charge in [-0.3, -0.25) is 4.79 Å². The average Bonchev–Trinajstić information content (AvgIpc) is 2.73. The molecule has 4 heteroatoms. The van der Waals surface area contributed by atoms with Crippen molar-refractivity contribution in [2.45, 2.75) is 39.5 Å². The van der Waals surface area contributed by atoms with Gasteiger partial charge in [-0.25, -0.2) is 8.78 Å². The van der Waals surface area contributed by atoms with Crippen LogP contribution in [-0.2, 0) is 4.79 Å². The summed E-state index contributed by atoms with van der Waals surface area (Å²) in [6, 6.07) is 3.41. The number of carboxylic acid groups (broad SMARTS) is 1. The first-order chi connectivity index (χ1) is 9.20. The first kappa shape index (κ1) is 14.9. The van der Waals surface area contributed by atoms with Crippen molar-refractivity contribution >= 4 is 5.97 Å². The number of carbonyl (C=O) groups is 1. The molecule has 1 aromatic rings. The number of hydrogen-bond donors (Lipinski definition) is 1. The van der Waals surface area contributed by atoms with E-state index >= 15 is 0 Å². The first-order valence-electron chi connectivity index (χ1n) is 6.88. The van der Waals surface area contributed by atoms with Gasteiger partial charge in [0.1, 0.15) is 11.6 Å². The third-order valence-corrected chi connectivity index (χ3v) is 4.47. The summed E-state index contributed by atoms with van der Waals surface area (Å²) in [6.45, 7) is 6.21. The van der Waals surface area contributed by atoms with Crippen LogP contribution in [0.1, 0.15) is 45.1 Å². The predicted molar refractivity (Wildman–Crippen MR) is 72.4 cm³/mol. The van der Waals surface area contributed by atoms with E-state index in [-0.39, 0.29) is 17.3 Å². The second-order valence-corrected chi connectivity index (χ2v) is 6.75. The second kappa shape index (κ2) is 5.15. The van der Waals surface area contributed by atoms with Crippen LogP contribution in [0, 0.1) is 28.9 Å².